The van der Waals surface area contributed by atoms with Crippen LogP contribution in [-0.2, 0) is 4.79 Å². The number of likely N-dealkylation sites (tertiary alicyclic amines) is 1. The number of rotatable bonds is 1. The van der Waals surface area contributed by atoms with Crippen LogP contribution in [0.1, 0.15) is 53.4 Å². The second-order valence-electron chi connectivity index (χ2n) is 7.41. The fourth-order valence-electron chi connectivity index (χ4n) is 3.74. The number of amides is 1. The predicted molar refractivity (Wildman–Crippen MR) is 78.6 cm³/mol. The van der Waals surface area contributed by atoms with Crippen molar-refractivity contribution in [3.05, 3.63) is 0 Å². The van der Waals surface area contributed by atoms with E-state index >= 15 is 0 Å². The van der Waals surface area contributed by atoms with Crippen molar-refractivity contribution in [3.63, 3.8) is 0 Å². The van der Waals surface area contributed by atoms with Crippen molar-refractivity contribution in [2.45, 2.75) is 59.4 Å². The van der Waals surface area contributed by atoms with Gasteiger partial charge in [0.25, 0.3) is 0 Å². The zero-order chi connectivity index (χ0) is 14.2. The Labute approximate surface area is 117 Å². The van der Waals surface area contributed by atoms with Crippen molar-refractivity contribution in [2.75, 3.05) is 13.1 Å². The van der Waals surface area contributed by atoms with Crippen LogP contribution in [0, 0.1) is 23.2 Å². The molecule has 0 spiro atoms. The summed E-state index contributed by atoms with van der Waals surface area (Å²) in [5, 5.41) is 0. The first kappa shape index (κ1) is 14.8. The first-order valence-electron chi connectivity index (χ1n) is 7.88. The highest BCUT2D eigenvalue weighted by atomic mass is 16.2. The Bertz CT molecular complexity index is 332. The van der Waals surface area contributed by atoms with Gasteiger partial charge in [0, 0.05) is 25.0 Å². The lowest BCUT2D eigenvalue weighted by Crippen LogP contribution is -2.53. The van der Waals surface area contributed by atoms with Crippen LogP contribution < -0.4 is 5.73 Å². The second-order valence-corrected chi connectivity index (χ2v) is 7.41. The molecule has 0 bridgehead atoms. The summed E-state index contributed by atoms with van der Waals surface area (Å²) >= 11 is 0. The average Bonchev–Trinajstić information content (AvgIpc) is 2.36. The molecule has 2 aliphatic rings. The fraction of sp³-hybridized carbons (Fsp3) is 0.938. The van der Waals surface area contributed by atoms with Crippen molar-refractivity contribution >= 4 is 5.91 Å². The number of piperidine rings is 1. The third kappa shape index (κ3) is 2.81. The van der Waals surface area contributed by atoms with Crippen LogP contribution in [0.5, 0.6) is 0 Å². The van der Waals surface area contributed by atoms with Crippen LogP contribution in [0.4, 0.5) is 0 Å². The number of carbonyl (C=O) groups excluding carboxylic acids is 1. The molecule has 3 atom stereocenters. The van der Waals surface area contributed by atoms with Gasteiger partial charge in [-0.15, -0.1) is 0 Å². The molecule has 3 nitrogen and oxygen atoms in total. The van der Waals surface area contributed by atoms with Gasteiger partial charge in [-0.05, 0) is 42.9 Å². The minimum atomic E-state index is 0.0256. The Morgan fingerprint density at radius 1 is 1.11 bits per heavy atom. The summed E-state index contributed by atoms with van der Waals surface area (Å²) in [4.78, 5) is 14.9. The number of nitrogens with two attached hydrogens (primary N) is 1. The fourth-order valence-corrected chi connectivity index (χ4v) is 3.74. The van der Waals surface area contributed by atoms with E-state index in [2.05, 4.69) is 32.6 Å². The van der Waals surface area contributed by atoms with E-state index in [9.17, 15) is 4.79 Å². The molecule has 3 unspecified atom stereocenters. The van der Waals surface area contributed by atoms with E-state index in [1.165, 1.54) is 0 Å². The van der Waals surface area contributed by atoms with Crippen LogP contribution in [0.2, 0.25) is 0 Å². The van der Waals surface area contributed by atoms with Crippen molar-refractivity contribution in [1.82, 2.24) is 4.90 Å². The standard InChI is InChI=1S/C16H30N2O/c1-11-7-9-18(10-8-11)15(19)13-5-6-14(17)12(2)16(13,3)4/h11-14H,5-10,17H2,1-4H3. The number of nitrogens with zero attached hydrogens (tertiary/aromatic N) is 1. The lowest BCUT2D eigenvalue weighted by atomic mass is 9.60. The molecule has 0 aromatic rings. The summed E-state index contributed by atoms with van der Waals surface area (Å²) in [5.41, 5.74) is 6.21. The number of hydrogen-bond acceptors (Lipinski definition) is 2. The zero-order valence-electron chi connectivity index (χ0n) is 13.0. The van der Waals surface area contributed by atoms with Gasteiger partial charge in [0.1, 0.15) is 0 Å². The maximum atomic E-state index is 12.8. The lowest BCUT2D eigenvalue weighted by Gasteiger charge is -2.48. The molecular weight excluding hydrogens is 236 g/mol. The molecule has 0 aromatic carbocycles. The SMILES string of the molecule is CC1CCN(C(=O)C2CCC(N)C(C)C2(C)C)CC1. The summed E-state index contributed by atoms with van der Waals surface area (Å²) in [7, 11) is 0. The Morgan fingerprint density at radius 3 is 2.26 bits per heavy atom. The third-order valence-electron chi connectivity index (χ3n) is 5.90. The maximum absolute atomic E-state index is 12.8. The Balaban J connectivity index is 2.06. The molecule has 0 aromatic heterocycles. The normalized spacial score (nSPS) is 36.3. The average molecular weight is 266 g/mol. The highest BCUT2D eigenvalue weighted by molar-refractivity contribution is 5.80. The van der Waals surface area contributed by atoms with E-state index in [1.54, 1.807) is 0 Å². The van der Waals surface area contributed by atoms with Crippen molar-refractivity contribution in [1.29, 1.82) is 0 Å². The van der Waals surface area contributed by atoms with Crippen LogP contribution in [0.3, 0.4) is 0 Å². The number of hydrogen-bond donors (Lipinski definition) is 1. The molecule has 1 heterocycles. The van der Waals surface area contributed by atoms with Crippen LogP contribution >= 0.6 is 0 Å². The van der Waals surface area contributed by atoms with Gasteiger partial charge in [-0.3, -0.25) is 4.79 Å². The van der Waals surface area contributed by atoms with E-state index in [-0.39, 0.29) is 17.4 Å². The molecule has 0 radical (unpaired) electrons. The van der Waals surface area contributed by atoms with Gasteiger partial charge in [0.15, 0.2) is 0 Å². The smallest absolute Gasteiger partial charge is 0.226 e. The molecule has 2 fully saturated rings. The van der Waals surface area contributed by atoms with Crippen LogP contribution in [0.25, 0.3) is 0 Å². The Kier molecular flexibility index (Phi) is 4.24. The summed E-state index contributed by atoms with van der Waals surface area (Å²) in [6.45, 7) is 10.9. The van der Waals surface area contributed by atoms with Gasteiger partial charge >= 0.3 is 0 Å². The van der Waals surface area contributed by atoms with Crippen molar-refractivity contribution in [2.24, 2.45) is 28.9 Å². The Morgan fingerprint density at radius 2 is 1.68 bits per heavy atom. The van der Waals surface area contributed by atoms with Crippen molar-refractivity contribution in [3.8, 4) is 0 Å². The highest BCUT2D eigenvalue weighted by Gasteiger charge is 2.46. The molecule has 2 N–H and O–H groups in total. The van der Waals surface area contributed by atoms with E-state index in [0.29, 0.717) is 11.8 Å². The molecule has 1 saturated carbocycles. The van der Waals surface area contributed by atoms with Crippen LogP contribution in [-0.4, -0.2) is 29.9 Å². The first-order chi connectivity index (χ1) is 8.84. The molecule has 110 valence electrons. The summed E-state index contributed by atoms with van der Waals surface area (Å²) < 4.78 is 0. The molecule has 1 aliphatic carbocycles. The van der Waals surface area contributed by atoms with E-state index in [0.717, 1.165) is 44.7 Å². The quantitative estimate of drug-likeness (QED) is 0.793. The minimum Gasteiger partial charge on any atom is -0.342 e. The molecule has 19 heavy (non-hydrogen) atoms. The molecule has 3 heteroatoms. The van der Waals surface area contributed by atoms with Gasteiger partial charge in [-0.1, -0.05) is 27.7 Å². The first-order valence-corrected chi connectivity index (χ1v) is 7.88. The predicted octanol–water partition coefficient (Wildman–Crippen LogP) is 2.64. The molecule has 1 aliphatic heterocycles. The molecule has 1 saturated heterocycles. The largest absolute Gasteiger partial charge is 0.342 e. The topological polar surface area (TPSA) is 46.3 Å². The van der Waals surface area contributed by atoms with Crippen molar-refractivity contribution < 1.29 is 4.79 Å². The van der Waals surface area contributed by atoms with E-state index in [1.807, 2.05) is 0 Å². The summed E-state index contributed by atoms with van der Waals surface area (Å²) in [6.07, 6.45) is 4.27. The minimum absolute atomic E-state index is 0.0256. The van der Waals surface area contributed by atoms with Gasteiger partial charge in [-0.2, -0.15) is 0 Å². The molecule has 2 rings (SSSR count). The zero-order valence-corrected chi connectivity index (χ0v) is 13.0. The lowest BCUT2D eigenvalue weighted by molar-refractivity contribution is -0.144. The highest BCUT2D eigenvalue weighted by Crippen LogP contribution is 2.45. The van der Waals surface area contributed by atoms with Gasteiger partial charge in [0.05, 0.1) is 0 Å². The van der Waals surface area contributed by atoms with Gasteiger partial charge in [0.2, 0.25) is 5.91 Å². The van der Waals surface area contributed by atoms with Gasteiger partial charge in [-0.25, -0.2) is 0 Å². The molecular formula is C16H30N2O. The third-order valence-corrected chi connectivity index (χ3v) is 5.90. The van der Waals surface area contributed by atoms with E-state index in [4.69, 9.17) is 5.73 Å². The Hall–Kier alpha value is -0.570. The second kappa shape index (κ2) is 5.43. The van der Waals surface area contributed by atoms with Crippen LogP contribution in [0.15, 0.2) is 0 Å². The summed E-state index contributed by atoms with van der Waals surface area (Å²) in [6, 6.07) is 0.250. The maximum Gasteiger partial charge on any atom is 0.226 e. The molecule has 1 amide bonds. The van der Waals surface area contributed by atoms with Gasteiger partial charge < -0.3 is 10.6 Å². The monoisotopic (exact) mass is 266 g/mol. The summed E-state index contributed by atoms with van der Waals surface area (Å²) in [5.74, 6) is 1.74. The van der Waals surface area contributed by atoms with E-state index < -0.39 is 0 Å². The number of carbonyl (C=O) groups is 1.